The summed E-state index contributed by atoms with van der Waals surface area (Å²) in [6.07, 6.45) is 3.57. The van der Waals surface area contributed by atoms with E-state index in [2.05, 4.69) is 9.62 Å². The topological polar surface area (TPSA) is 49.4 Å². The van der Waals surface area contributed by atoms with Crippen LogP contribution < -0.4 is 4.72 Å². The number of halogens is 3. The highest BCUT2D eigenvalue weighted by Crippen LogP contribution is 2.29. The number of rotatable bonds is 5. The van der Waals surface area contributed by atoms with Gasteiger partial charge >= 0.3 is 0 Å². The Morgan fingerprint density at radius 2 is 1.65 bits per heavy atom. The molecule has 3 rings (SSSR count). The number of nitrogens with zero attached hydrogens (tertiary/aromatic N) is 1. The second-order valence-corrected chi connectivity index (χ2v) is 9.25. The molecule has 2 aromatic rings. The second-order valence-electron chi connectivity index (χ2n) is 6.32. The number of hydrogen-bond acceptors (Lipinski definition) is 3. The van der Waals surface area contributed by atoms with E-state index in [9.17, 15) is 8.42 Å². The van der Waals surface area contributed by atoms with Gasteiger partial charge in [-0.15, -0.1) is 0 Å². The van der Waals surface area contributed by atoms with Crippen LogP contribution in [0.4, 0.5) is 5.69 Å². The highest BCUT2D eigenvalue weighted by Gasteiger charge is 2.19. The Kier molecular flexibility index (Phi) is 6.36. The summed E-state index contributed by atoms with van der Waals surface area (Å²) in [5.41, 5.74) is 1.37. The molecule has 1 fully saturated rings. The predicted molar refractivity (Wildman–Crippen MR) is 108 cm³/mol. The van der Waals surface area contributed by atoms with E-state index in [-0.39, 0.29) is 9.92 Å². The molecule has 140 valence electrons. The molecule has 0 amide bonds. The lowest BCUT2D eigenvalue weighted by molar-refractivity contribution is 0.221. The van der Waals surface area contributed by atoms with E-state index in [4.69, 9.17) is 34.8 Å². The van der Waals surface area contributed by atoms with Gasteiger partial charge in [0.05, 0.1) is 20.6 Å². The summed E-state index contributed by atoms with van der Waals surface area (Å²) in [5, 5.41) is 0.965. The first-order chi connectivity index (χ1) is 12.3. The average Bonchev–Trinajstić information content (AvgIpc) is 2.60. The lowest BCUT2D eigenvalue weighted by Gasteiger charge is -2.27. The fraction of sp³-hybridized carbons (Fsp3) is 0.333. The Labute approximate surface area is 169 Å². The quantitative estimate of drug-likeness (QED) is 0.683. The first kappa shape index (κ1) is 19.8. The van der Waals surface area contributed by atoms with Crippen LogP contribution >= 0.6 is 34.8 Å². The van der Waals surface area contributed by atoms with E-state index in [1.807, 2.05) is 6.07 Å². The summed E-state index contributed by atoms with van der Waals surface area (Å²) in [7, 11) is -3.80. The van der Waals surface area contributed by atoms with E-state index in [1.54, 1.807) is 12.1 Å². The maximum atomic E-state index is 12.8. The van der Waals surface area contributed by atoms with E-state index in [0.717, 1.165) is 31.5 Å². The maximum absolute atomic E-state index is 12.8. The molecular formula is C18H19Cl3N2O2S. The lowest BCUT2D eigenvalue weighted by Crippen LogP contribution is -2.29. The van der Waals surface area contributed by atoms with Gasteiger partial charge in [-0.05, 0) is 61.8 Å². The largest absolute Gasteiger partial charge is 0.299 e. The molecule has 1 saturated heterocycles. The molecule has 0 atom stereocenters. The molecular weight excluding hydrogens is 415 g/mol. The predicted octanol–water partition coefficient (Wildman–Crippen LogP) is 5.43. The summed E-state index contributed by atoms with van der Waals surface area (Å²) in [4.78, 5) is 2.37. The van der Waals surface area contributed by atoms with Gasteiger partial charge in [-0.1, -0.05) is 47.3 Å². The molecule has 1 N–H and O–H groups in total. The standard InChI is InChI=1S/C18H19Cl3N2O2S/c19-14-5-4-13(12-23-8-2-1-3-9-23)18(10-14)22-26(24,25)15-6-7-16(20)17(21)11-15/h4-7,10-11,22H,1-3,8-9,12H2. The minimum Gasteiger partial charge on any atom is -0.299 e. The van der Waals surface area contributed by atoms with Gasteiger partial charge in [-0.2, -0.15) is 0 Å². The van der Waals surface area contributed by atoms with Crippen molar-refractivity contribution in [3.05, 3.63) is 57.0 Å². The van der Waals surface area contributed by atoms with Gasteiger partial charge in [0, 0.05) is 11.6 Å². The molecule has 2 aromatic carbocycles. The van der Waals surface area contributed by atoms with E-state index in [1.165, 1.54) is 24.6 Å². The first-order valence-corrected chi connectivity index (χ1v) is 11.0. The zero-order valence-electron chi connectivity index (χ0n) is 14.0. The smallest absolute Gasteiger partial charge is 0.261 e. The minimum absolute atomic E-state index is 0.0517. The maximum Gasteiger partial charge on any atom is 0.261 e. The lowest BCUT2D eigenvalue weighted by atomic mass is 10.1. The van der Waals surface area contributed by atoms with Gasteiger partial charge in [-0.3, -0.25) is 9.62 Å². The summed E-state index contributed by atoms with van der Waals surface area (Å²) in [6.45, 7) is 2.71. The van der Waals surface area contributed by atoms with Gasteiger partial charge in [0.15, 0.2) is 0 Å². The van der Waals surface area contributed by atoms with Crippen molar-refractivity contribution in [3.63, 3.8) is 0 Å². The molecule has 0 saturated carbocycles. The zero-order valence-corrected chi connectivity index (χ0v) is 17.1. The van der Waals surface area contributed by atoms with E-state index >= 15 is 0 Å². The highest BCUT2D eigenvalue weighted by atomic mass is 35.5. The third kappa shape index (κ3) is 4.84. The number of benzene rings is 2. The number of anilines is 1. The number of sulfonamides is 1. The molecule has 0 unspecified atom stereocenters. The van der Waals surface area contributed by atoms with Gasteiger partial charge in [0.25, 0.3) is 10.0 Å². The Morgan fingerprint density at radius 1 is 0.923 bits per heavy atom. The van der Waals surface area contributed by atoms with Crippen LogP contribution in [0.2, 0.25) is 15.1 Å². The number of likely N-dealkylation sites (tertiary alicyclic amines) is 1. The molecule has 1 aliphatic heterocycles. The van der Waals surface area contributed by atoms with Crippen molar-refractivity contribution in [1.29, 1.82) is 0 Å². The van der Waals surface area contributed by atoms with Gasteiger partial charge in [0.2, 0.25) is 0 Å². The second kappa shape index (κ2) is 8.36. The van der Waals surface area contributed by atoms with Crippen molar-refractivity contribution in [2.45, 2.75) is 30.7 Å². The molecule has 0 spiro atoms. The number of piperidine rings is 1. The molecule has 8 heteroatoms. The fourth-order valence-corrected chi connectivity index (χ4v) is 4.64. The van der Waals surface area contributed by atoms with Gasteiger partial charge < -0.3 is 0 Å². The molecule has 1 heterocycles. The third-order valence-electron chi connectivity index (χ3n) is 4.36. The van der Waals surface area contributed by atoms with Crippen molar-refractivity contribution >= 4 is 50.5 Å². The van der Waals surface area contributed by atoms with Crippen LogP contribution in [0.1, 0.15) is 24.8 Å². The molecule has 0 aromatic heterocycles. The van der Waals surface area contributed by atoms with Crippen molar-refractivity contribution in [1.82, 2.24) is 4.90 Å². The van der Waals surface area contributed by atoms with Crippen LogP contribution in [0.25, 0.3) is 0 Å². The summed E-state index contributed by atoms with van der Waals surface area (Å²) in [6, 6.07) is 9.49. The van der Waals surface area contributed by atoms with E-state index < -0.39 is 10.0 Å². The first-order valence-electron chi connectivity index (χ1n) is 8.34. The molecule has 0 aliphatic carbocycles. The number of nitrogens with one attached hydrogen (secondary N) is 1. The summed E-state index contributed by atoms with van der Waals surface area (Å²) in [5.74, 6) is 0. The van der Waals surface area contributed by atoms with Crippen LogP contribution in [0.15, 0.2) is 41.3 Å². The molecule has 0 radical (unpaired) electrons. The summed E-state index contributed by atoms with van der Waals surface area (Å²) >= 11 is 17.9. The Balaban J connectivity index is 1.87. The van der Waals surface area contributed by atoms with Crippen molar-refractivity contribution < 1.29 is 8.42 Å². The normalized spacial score (nSPS) is 15.8. The molecule has 0 bridgehead atoms. The molecule has 26 heavy (non-hydrogen) atoms. The third-order valence-corrected chi connectivity index (χ3v) is 6.70. The van der Waals surface area contributed by atoms with Crippen LogP contribution in [0.5, 0.6) is 0 Å². The van der Waals surface area contributed by atoms with Gasteiger partial charge in [-0.25, -0.2) is 8.42 Å². The fourth-order valence-electron chi connectivity index (χ4n) is 2.99. The monoisotopic (exact) mass is 432 g/mol. The van der Waals surface area contributed by atoms with Crippen LogP contribution in [0.3, 0.4) is 0 Å². The Hall–Kier alpha value is -0.980. The van der Waals surface area contributed by atoms with Crippen molar-refractivity contribution in [2.75, 3.05) is 17.8 Å². The zero-order chi connectivity index (χ0) is 18.7. The van der Waals surface area contributed by atoms with Crippen molar-refractivity contribution in [3.8, 4) is 0 Å². The highest BCUT2D eigenvalue weighted by molar-refractivity contribution is 7.92. The van der Waals surface area contributed by atoms with Gasteiger partial charge in [0.1, 0.15) is 0 Å². The Morgan fingerprint density at radius 3 is 2.35 bits per heavy atom. The van der Waals surface area contributed by atoms with Crippen LogP contribution in [-0.2, 0) is 16.6 Å². The Bertz CT molecular complexity index is 897. The average molecular weight is 434 g/mol. The van der Waals surface area contributed by atoms with Crippen LogP contribution in [-0.4, -0.2) is 26.4 Å². The summed E-state index contributed by atoms with van der Waals surface area (Å²) < 4.78 is 28.1. The van der Waals surface area contributed by atoms with Crippen LogP contribution in [0, 0.1) is 0 Å². The minimum atomic E-state index is -3.80. The number of hydrogen-bond donors (Lipinski definition) is 1. The SMILES string of the molecule is O=S(=O)(Nc1cc(Cl)ccc1CN1CCCCC1)c1ccc(Cl)c(Cl)c1. The molecule has 4 nitrogen and oxygen atoms in total. The van der Waals surface area contributed by atoms with Crippen molar-refractivity contribution in [2.24, 2.45) is 0 Å². The van der Waals surface area contributed by atoms with E-state index in [0.29, 0.717) is 22.3 Å². The molecule has 1 aliphatic rings.